The van der Waals surface area contributed by atoms with Crippen LogP contribution in [-0.4, -0.2) is 5.11 Å². The maximum absolute atomic E-state index is 9.76. The minimum Gasteiger partial charge on any atom is -0.508 e. The van der Waals surface area contributed by atoms with E-state index in [0.717, 1.165) is 23.1 Å². The number of fused-ring (bicyclic) bond motifs is 3. The Morgan fingerprint density at radius 2 is 1.54 bits per heavy atom. The Hall–Kier alpha value is -2.76. The van der Waals surface area contributed by atoms with Crippen LogP contribution in [0.25, 0.3) is 20.2 Å². The van der Waals surface area contributed by atoms with Crippen molar-refractivity contribution >= 4 is 31.5 Å². The van der Waals surface area contributed by atoms with E-state index in [1.165, 1.54) is 20.2 Å². The van der Waals surface area contributed by atoms with E-state index in [1.54, 1.807) is 17.4 Å². The first-order valence-corrected chi connectivity index (χ1v) is 8.81. The molecule has 1 heterocycles. The van der Waals surface area contributed by atoms with Gasteiger partial charge in [-0.15, -0.1) is 11.3 Å². The van der Waals surface area contributed by atoms with Crippen LogP contribution in [0.2, 0.25) is 0 Å². The average Bonchev–Trinajstić information content (AvgIpc) is 2.98. The highest BCUT2D eigenvalue weighted by molar-refractivity contribution is 7.25. The van der Waals surface area contributed by atoms with Crippen molar-refractivity contribution in [3.8, 4) is 17.6 Å². The fourth-order valence-electron chi connectivity index (χ4n) is 2.89. The Morgan fingerprint density at radius 1 is 0.833 bits per heavy atom. The summed E-state index contributed by atoms with van der Waals surface area (Å²) in [6.45, 7) is 2.03. The fourth-order valence-corrected chi connectivity index (χ4v) is 4.04. The lowest BCUT2D eigenvalue weighted by Gasteiger charge is -2.01. The highest BCUT2D eigenvalue weighted by Gasteiger charge is 2.04. The number of aromatic hydroxyl groups is 1. The molecule has 1 N–H and O–H groups in total. The molecule has 0 saturated carbocycles. The molecule has 0 amide bonds. The molecule has 116 valence electrons. The van der Waals surface area contributed by atoms with E-state index in [1.807, 2.05) is 19.1 Å². The normalized spacial score (nSPS) is 10.7. The highest BCUT2D eigenvalue weighted by atomic mass is 32.1. The van der Waals surface area contributed by atoms with E-state index < -0.39 is 0 Å². The van der Waals surface area contributed by atoms with E-state index in [-0.39, 0.29) is 0 Å². The molecule has 0 aliphatic carbocycles. The zero-order chi connectivity index (χ0) is 16.5. The van der Waals surface area contributed by atoms with Gasteiger partial charge in [0.05, 0.1) is 0 Å². The Bertz CT molecular complexity index is 1110. The van der Waals surface area contributed by atoms with Crippen LogP contribution < -0.4 is 0 Å². The topological polar surface area (TPSA) is 20.2 Å². The summed E-state index contributed by atoms with van der Waals surface area (Å²) in [6.07, 6.45) is 0.801. The standard InChI is InChI=1S/C22H16OS/c1-2-17-13-15(10-12-20(17)23)7-8-16-9-11-19-18-5-3-4-6-21(18)24-22(19)14-16/h3-6,9-14,23H,2H2,1H3. The summed E-state index contributed by atoms with van der Waals surface area (Å²) in [5, 5.41) is 12.4. The van der Waals surface area contributed by atoms with Gasteiger partial charge in [0.2, 0.25) is 0 Å². The molecule has 0 atom stereocenters. The summed E-state index contributed by atoms with van der Waals surface area (Å²) in [6, 6.07) is 20.4. The van der Waals surface area contributed by atoms with Crippen LogP contribution in [0.3, 0.4) is 0 Å². The zero-order valence-electron chi connectivity index (χ0n) is 13.3. The molecular formula is C22H16OS. The first-order chi connectivity index (χ1) is 11.7. The molecule has 1 aromatic heterocycles. The average molecular weight is 328 g/mol. The Balaban J connectivity index is 1.74. The van der Waals surface area contributed by atoms with E-state index in [0.29, 0.717) is 5.75 Å². The summed E-state index contributed by atoms with van der Waals surface area (Å²) < 4.78 is 2.58. The molecule has 4 aromatic rings. The summed E-state index contributed by atoms with van der Waals surface area (Å²) >= 11 is 1.80. The van der Waals surface area contributed by atoms with Gasteiger partial charge in [0.1, 0.15) is 5.75 Å². The predicted molar refractivity (Wildman–Crippen MR) is 103 cm³/mol. The molecule has 0 saturated heterocycles. The second kappa shape index (κ2) is 6.03. The van der Waals surface area contributed by atoms with Gasteiger partial charge in [0.15, 0.2) is 0 Å². The van der Waals surface area contributed by atoms with Crippen LogP contribution in [0.5, 0.6) is 5.75 Å². The van der Waals surface area contributed by atoms with Crippen LogP contribution in [0.4, 0.5) is 0 Å². The highest BCUT2D eigenvalue weighted by Crippen LogP contribution is 2.33. The van der Waals surface area contributed by atoms with Gasteiger partial charge in [0, 0.05) is 31.3 Å². The van der Waals surface area contributed by atoms with Crippen molar-refractivity contribution in [2.24, 2.45) is 0 Å². The zero-order valence-corrected chi connectivity index (χ0v) is 14.2. The van der Waals surface area contributed by atoms with Gasteiger partial charge in [-0.05, 0) is 48.4 Å². The number of benzene rings is 3. The number of rotatable bonds is 1. The van der Waals surface area contributed by atoms with Crippen molar-refractivity contribution in [1.82, 2.24) is 0 Å². The van der Waals surface area contributed by atoms with Gasteiger partial charge in [-0.25, -0.2) is 0 Å². The molecule has 0 fully saturated rings. The number of aryl methyl sites for hydroxylation is 1. The van der Waals surface area contributed by atoms with Crippen LogP contribution in [0.1, 0.15) is 23.6 Å². The first kappa shape index (κ1) is 14.8. The van der Waals surface area contributed by atoms with Gasteiger partial charge in [-0.3, -0.25) is 0 Å². The van der Waals surface area contributed by atoms with E-state index in [9.17, 15) is 5.11 Å². The van der Waals surface area contributed by atoms with Gasteiger partial charge >= 0.3 is 0 Å². The molecule has 0 radical (unpaired) electrons. The number of thiophene rings is 1. The largest absolute Gasteiger partial charge is 0.508 e. The predicted octanol–water partition coefficient (Wildman–Crippen LogP) is 5.72. The molecule has 3 aromatic carbocycles. The number of hydrogen-bond acceptors (Lipinski definition) is 2. The first-order valence-electron chi connectivity index (χ1n) is 8.00. The quantitative estimate of drug-likeness (QED) is 0.443. The number of hydrogen-bond donors (Lipinski definition) is 1. The van der Waals surface area contributed by atoms with Crippen molar-refractivity contribution in [1.29, 1.82) is 0 Å². The van der Waals surface area contributed by atoms with Gasteiger partial charge in [-0.2, -0.15) is 0 Å². The third-order valence-corrected chi connectivity index (χ3v) is 5.32. The molecule has 4 rings (SSSR count). The summed E-state index contributed by atoms with van der Waals surface area (Å²) in [5.74, 6) is 6.79. The molecule has 0 bridgehead atoms. The summed E-state index contributed by atoms with van der Waals surface area (Å²) in [5.41, 5.74) is 2.88. The van der Waals surface area contributed by atoms with Crippen molar-refractivity contribution < 1.29 is 5.11 Å². The molecule has 0 spiro atoms. The molecular weight excluding hydrogens is 312 g/mol. The Morgan fingerprint density at radius 3 is 2.38 bits per heavy atom. The SMILES string of the molecule is CCc1cc(C#Cc2ccc3c(c2)sc2ccccc23)ccc1O. The van der Waals surface area contributed by atoms with Crippen molar-refractivity contribution in [3.63, 3.8) is 0 Å². The lowest BCUT2D eigenvalue weighted by atomic mass is 10.1. The number of phenols is 1. The fraction of sp³-hybridized carbons (Fsp3) is 0.0909. The van der Waals surface area contributed by atoms with Crippen molar-refractivity contribution in [2.75, 3.05) is 0 Å². The minimum absolute atomic E-state index is 0.342. The lowest BCUT2D eigenvalue weighted by Crippen LogP contribution is -1.84. The number of phenolic OH excluding ortho intramolecular Hbond substituents is 1. The van der Waals surface area contributed by atoms with Crippen LogP contribution >= 0.6 is 11.3 Å². The smallest absolute Gasteiger partial charge is 0.118 e. The van der Waals surface area contributed by atoms with Crippen LogP contribution in [0, 0.1) is 11.8 Å². The van der Waals surface area contributed by atoms with Gasteiger partial charge in [-0.1, -0.05) is 43.0 Å². The van der Waals surface area contributed by atoms with E-state index in [4.69, 9.17) is 0 Å². The second-order valence-electron chi connectivity index (χ2n) is 5.76. The van der Waals surface area contributed by atoms with E-state index in [2.05, 4.69) is 54.3 Å². The molecule has 24 heavy (non-hydrogen) atoms. The van der Waals surface area contributed by atoms with Gasteiger partial charge in [0.25, 0.3) is 0 Å². The third-order valence-electron chi connectivity index (χ3n) is 4.19. The summed E-state index contributed by atoms with van der Waals surface area (Å²) in [7, 11) is 0. The van der Waals surface area contributed by atoms with Gasteiger partial charge < -0.3 is 5.11 Å². The lowest BCUT2D eigenvalue weighted by molar-refractivity contribution is 0.469. The molecule has 1 nitrogen and oxygen atoms in total. The molecule has 2 heteroatoms. The van der Waals surface area contributed by atoms with Crippen molar-refractivity contribution in [3.05, 3.63) is 77.4 Å². The van der Waals surface area contributed by atoms with E-state index >= 15 is 0 Å². The minimum atomic E-state index is 0.342. The van der Waals surface area contributed by atoms with Crippen molar-refractivity contribution in [2.45, 2.75) is 13.3 Å². The maximum Gasteiger partial charge on any atom is 0.118 e. The van der Waals surface area contributed by atoms with Crippen LogP contribution in [-0.2, 0) is 6.42 Å². The monoisotopic (exact) mass is 328 g/mol. The maximum atomic E-state index is 9.76. The second-order valence-corrected chi connectivity index (χ2v) is 6.84. The summed E-state index contributed by atoms with van der Waals surface area (Å²) in [4.78, 5) is 0. The molecule has 0 unspecified atom stereocenters. The Labute approximate surface area is 145 Å². The van der Waals surface area contributed by atoms with Crippen LogP contribution in [0.15, 0.2) is 60.7 Å². The Kier molecular flexibility index (Phi) is 3.72. The molecule has 0 aliphatic heterocycles. The third kappa shape index (κ3) is 2.64. The molecule has 0 aliphatic rings.